The molecule has 0 aromatic heterocycles. The minimum Gasteiger partial charge on any atom is -0.487 e. The van der Waals surface area contributed by atoms with Crippen LogP contribution in [-0.2, 0) is 37.9 Å². The molecule has 1 unspecified atom stereocenters. The molecule has 0 saturated carbocycles. The quantitative estimate of drug-likeness (QED) is 0.0623. The first-order valence-electron chi connectivity index (χ1n) is 28.3. The van der Waals surface area contributed by atoms with Crippen molar-refractivity contribution in [3.63, 3.8) is 0 Å². The molecule has 0 aliphatic heterocycles. The molecule has 0 aliphatic rings. The molecule has 1 amide bonds. The Bertz CT molecular complexity index is 1200. The fourth-order valence-electron chi connectivity index (χ4n) is 8.06. The lowest BCUT2D eigenvalue weighted by Crippen LogP contribution is -2.36. The molecule has 0 saturated heterocycles. The highest BCUT2D eigenvalue weighted by Gasteiger charge is 2.21. The van der Waals surface area contributed by atoms with E-state index in [9.17, 15) is 4.79 Å². The van der Waals surface area contributed by atoms with Gasteiger partial charge in [0.1, 0.15) is 19.8 Å². The van der Waals surface area contributed by atoms with E-state index in [-0.39, 0.29) is 31.8 Å². The molecule has 412 valence electrons. The predicted molar refractivity (Wildman–Crippen MR) is 285 cm³/mol. The van der Waals surface area contributed by atoms with Gasteiger partial charge < -0.3 is 57.4 Å². The fraction of sp³-hybridized carbons (Fsp3) is 0.877. The molecule has 70 heavy (non-hydrogen) atoms. The average molecular weight is 998 g/mol. The van der Waals surface area contributed by atoms with Gasteiger partial charge in [0.25, 0.3) is 5.91 Å². The third kappa shape index (κ3) is 41.3. The highest BCUT2D eigenvalue weighted by atomic mass is 16.6. The first kappa shape index (κ1) is 65.8. The fourth-order valence-corrected chi connectivity index (χ4v) is 8.06. The van der Waals surface area contributed by atoms with E-state index in [4.69, 9.17) is 52.1 Å². The number of amides is 1. The summed E-state index contributed by atoms with van der Waals surface area (Å²) >= 11 is 0. The molecule has 0 bridgehead atoms. The SMILES string of the molecule is CCCCCCCCCCCCCCCCOCC(CNC(=O)c1cc(OCCOCCOC)c(OCCOCCOC)c(OCCOCCOC)c1)OCCCCCCCCCCCCCCCC. The van der Waals surface area contributed by atoms with E-state index in [2.05, 4.69) is 19.2 Å². The van der Waals surface area contributed by atoms with Crippen LogP contribution in [0.3, 0.4) is 0 Å². The molecule has 1 aromatic carbocycles. The van der Waals surface area contributed by atoms with Crippen LogP contribution >= 0.6 is 0 Å². The van der Waals surface area contributed by atoms with E-state index in [1.165, 1.54) is 161 Å². The number of unbranched alkanes of at least 4 members (excludes halogenated alkanes) is 26. The third-order valence-corrected chi connectivity index (χ3v) is 12.3. The van der Waals surface area contributed by atoms with Crippen LogP contribution in [-0.4, -0.2) is 139 Å². The number of benzene rings is 1. The van der Waals surface area contributed by atoms with Crippen molar-refractivity contribution < 1.29 is 56.9 Å². The molecular weight excluding hydrogens is 891 g/mol. The Hall–Kier alpha value is -2.23. The van der Waals surface area contributed by atoms with Gasteiger partial charge in [-0.05, 0) is 25.0 Å². The van der Waals surface area contributed by atoms with Crippen LogP contribution in [0.1, 0.15) is 204 Å². The van der Waals surface area contributed by atoms with Crippen molar-refractivity contribution in [3.05, 3.63) is 17.7 Å². The Balaban J connectivity index is 2.87. The van der Waals surface area contributed by atoms with Gasteiger partial charge in [-0.2, -0.15) is 0 Å². The molecule has 13 nitrogen and oxygen atoms in total. The van der Waals surface area contributed by atoms with Crippen LogP contribution in [0.2, 0.25) is 0 Å². The average Bonchev–Trinajstić information content (AvgIpc) is 3.37. The van der Waals surface area contributed by atoms with E-state index in [1.807, 2.05) is 0 Å². The number of rotatable bonds is 57. The van der Waals surface area contributed by atoms with Crippen LogP contribution in [0, 0.1) is 0 Å². The van der Waals surface area contributed by atoms with E-state index in [0.29, 0.717) is 109 Å². The summed E-state index contributed by atoms with van der Waals surface area (Å²) in [5.41, 5.74) is 0.364. The number of nitrogens with one attached hydrogen (secondary N) is 1. The van der Waals surface area contributed by atoms with Gasteiger partial charge in [-0.25, -0.2) is 0 Å². The van der Waals surface area contributed by atoms with Crippen molar-refractivity contribution in [3.8, 4) is 17.2 Å². The van der Waals surface area contributed by atoms with Crippen LogP contribution in [0.4, 0.5) is 0 Å². The summed E-state index contributed by atoms with van der Waals surface area (Å²) in [5, 5.41) is 3.13. The molecule has 1 rings (SSSR count). The Labute approximate surface area is 428 Å². The molecule has 0 aliphatic carbocycles. The summed E-state index contributed by atoms with van der Waals surface area (Å²) < 4.78 is 63.5. The highest BCUT2D eigenvalue weighted by Crippen LogP contribution is 2.39. The van der Waals surface area contributed by atoms with Crippen LogP contribution in [0.5, 0.6) is 17.2 Å². The Morgan fingerprint density at radius 3 is 1.13 bits per heavy atom. The first-order chi connectivity index (χ1) is 34.6. The summed E-state index contributed by atoms with van der Waals surface area (Å²) in [6, 6.07) is 3.37. The van der Waals surface area contributed by atoms with Gasteiger partial charge in [0.05, 0.1) is 72.2 Å². The van der Waals surface area contributed by atoms with Gasteiger partial charge in [0.2, 0.25) is 5.75 Å². The van der Waals surface area contributed by atoms with Crippen LogP contribution < -0.4 is 19.5 Å². The molecule has 1 atom stereocenters. The zero-order chi connectivity index (χ0) is 50.5. The zero-order valence-corrected chi connectivity index (χ0v) is 45.7. The smallest absolute Gasteiger partial charge is 0.251 e. The van der Waals surface area contributed by atoms with Crippen molar-refractivity contribution in [2.75, 3.05) is 127 Å². The molecule has 1 N–H and O–H groups in total. The number of carbonyl (C=O) groups is 1. The minimum absolute atomic E-state index is 0.223. The first-order valence-corrected chi connectivity index (χ1v) is 28.3. The van der Waals surface area contributed by atoms with Crippen molar-refractivity contribution in [2.45, 2.75) is 200 Å². The van der Waals surface area contributed by atoms with Crippen molar-refractivity contribution in [1.29, 1.82) is 0 Å². The highest BCUT2D eigenvalue weighted by molar-refractivity contribution is 5.95. The second kappa shape index (κ2) is 53.1. The lowest BCUT2D eigenvalue weighted by atomic mass is 10.0. The summed E-state index contributed by atoms with van der Waals surface area (Å²) in [6.07, 6.45) is 36.6. The maximum Gasteiger partial charge on any atom is 0.251 e. The number of hydrogen-bond donors (Lipinski definition) is 1. The van der Waals surface area contributed by atoms with Gasteiger partial charge in [-0.3, -0.25) is 4.79 Å². The van der Waals surface area contributed by atoms with Gasteiger partial charge >= 0.3 is 0 Å². The van der Waals surface area contributed by atoms with Crippen molar-refractivity contribution in [2.24, 2.45) is 0 Å². The number of carbonyl (C=O) groups excluding carboxylic acids is 1. The van der Waals surface area contributed by atoms with E-state index < -0.39 is 0 Å². The number of hydrogen-bond acceptors (Lipinski definition) is 12. The monoisotopic (exact) mass is 998 g/mol. The summed E-state index contributed by atoms with van der Waals surface area (Å²) in [6.45, 7) is 11.0. The van der Waals surface area contributed by atoms with Crippen molar-refractivity contribution in [1.82, 2.24) is 5.32 Å². The molecular formula is C57H107NO12. The second-order valence-electron chi connectivity index (χ2n) is 18.6. The maximum atomic E-state index is 14.0. The summed E-state index contributed by atoms with van der Waals surface area (Å²) in [5.74, 6) is 0.801. The topological polar surface area (TPSA) is 131 Å². The third-order valence-electron chi connectivity index (χ3n) is 12.3. The number of methoxy groups -OCH3 is 3. The standard InChI is InChI=1S/C57H107NO12/c1-6-8-10-12-14-16-18-20-22-24-26-28-30-32-34-66-51-53(67-35-33-31-29-27-25-23-21-19-17-15-13-11-9-7-2)50-58-57(59)52-48-54(68-45-42-63-39-36-60-3)56(70-47-44-65-41-38-62-5)55(49-52)69-46-43-64-40-37-61-4/h48-49,53H,6-47,50-51H2,1-5H3,(H,58,59). The lowest BCUT2D eigenvalue weighted by Gasteiger charge is -2.21. The molecule has 0 spiro atoms. The van der Waals surface area contributed by atoms with Gasteiger partial charge in [-0.15, -0.1) is 0 Å². The number of ether oxygens (including phenoxy) is 11. The summed E-state index contributed by atoms with van der Waals surface area (Å²) in [4.78, 5) is 14.0. The van der Waals surface area contributed by atoms with Crippen LogP contribution in [0.15, 0.2) is 12.1 Å². The van der Waals surface area contributed by atoms with E-state index >= 15 is 0 Å². The molecule has 13 heteroatoms. The van der Waals surface area contributed by atoms with Crippen LogP contribution in [0.25, 0.3) is 0 Å². The molecule has 0 radical (unpaired) electrons. The lowest BCUT2D eigenvalue weighted by molar-refractivity contribution is -0.0170. The van der Waals surface area contributed by atoms with Crippen molar-refractivity contribution >= 4 is 5.91 Å². The zero-order valence-electron chi connectivity index (χ0n) is 45.7. The molecule has 0 heterocycles. The Morgan fingerprint density at radius 2 is 0.743 bits per heavy atom. The Kier molecular flexibility index (Phi) is 49.9. The Morgan fingerprint density at radius 1 is 0.400 bits per heavy atom. The van der Waals surface area contributed by atoms with E-state index in [0.717, 1.165) is 19.3 Å². The molecule has 1 aromatic rings. The maximum absolute atomic E-state index is 14.0. The largest absolute Gasteiger partial charge is 0.487 e. The summed E-state index contributed by atoms with van der Waals surface area (Å²) in [7, 11) is 4.90. The minimum atomic E-state index is -0.283. The van der Waals surface area contributed by atoms with Gasteiger partial charge in [0.15, 0.2) is 11.5 Å². The van der Waals surface area contributed by atoms with E-state index in [1.54, 1.807) is 33.5 Å². The van der Waals surface area contributed by atoms with Gasteiger partial charge in [-0.1, -0.05) is 181 Å². The van der Waals surface area contributed by atoms with Gasteiger partial charge in [0, 0.05) is 46.7 Å². The molecule has 0 fully saturated rings. The second-order valence-corrected chi connectivity index (χ2v) is 18.6. The normalized spacial score (nSPS) is 11.9. The predicted octanol–water partition coefficient (Wildman–Crippen LogP) is 12.9.